The summed E-state index contributed by atoms with van der Waals surface area (Å²) in [6.07, 6.45) is 2.95. The van der Waals surface area contributed by atoms with Gasteiger partial charge in [0.25, 0.3) is 0 Å². The van der Waals surface area contributed by atoms with E-state index in [0.717, 1.165) is 37.9 Å². The van der Waals surface area contributed by atoms with Gasteiger partial charge in [0.15, 0.2) is 0 Å². The van der Waals surface area contributed by atoms with E-state index in [1.54, 1.807) is 47.3 Å². The smallest absolute Gasteiger partial charge is 0.315 e. The third-order valence-electron chi connectivity index (χ3n) is 6.80. The first-order valence-corrected chi connectivity index (χ1v) is 14.0. The molecule has 2 aliphatic heterocycles. The van der Waals surface area contributed by atoms with E-state index >= 15 is 0 Å². The van der Waals surface area contributed by atoms with Crippen molar-refractivity contribution in [1.29, 1.82) is 0 Å². The molecule has 3 unspecified atom stereocenters. The van der Waals surface area contributed by atoms with Gasteiger partial charge in [-0.15, -0.1) is 0 Å². The molecule has 188 valence electrons. The Labute approximate surface area is 223 Å². The van der Waals surface area contributed by atoms with E-state index in [0.29, 0.717) is 0 Å². The summed E-state index contributed by atoms with van der Waals surface area (Å²) in [5.74, 6) is 0.426. The summed E-state index contributed by atoms with van der Waals surface area (Å²) >= 11 is 3.35. The number of phenolic OH excluding ortho intramolecular Hbond substituents is 1. The van der Waals surface area contributed by atoms with Crippen LogP contribution in [0.5, 0.6) is 11.5 Å². The van der Waals surface area contributed by atoms with Gasteiger partial charge >= 0.3 is 10.1 Å². The minimum Gasteiger partial charge on any atom is -0.508 e. The van der Waals surface area contributed by atoms with Crippen LogP contribution in [0.25, 0.3) is 22.3 Å². The largest absolute Gasteiger partial charge is 0.508 e. The van der Waals surface area contributed by atoms with E-state index in [1.165, 1.54) is 0 Å². The number of phenols is 1. The van der Waals surface area contributed by atoms with Gasteiger partial charge < -0.3 is 14.0 Å². The standard InChI is InChI=1S/C28H23BrN2O5S/c1-31-16-20(15-30-31)17-2-4-19(5-3-17)27-26(18-6-10-22(32)11-7-18)24-14-25(28(27)35-24)37(33,34)36-23-12-8-21(29)9-13-23/h2-13,15-16,24-25,28,32H,14H2,1H3. The average Bonchev–Trinajstić information content (AvgIpc) is 3.61. The molecular formula is C28H23BrN2O5S. The van der Waals surface area contributed by atoms with E-state index in [2.05, 4.69) is 21.0 Å². The molecular weight excluding hydrogens is 556 g/mol. The van der Waals surface area contributed by atoms with Crippen molar-refractivity contribution < 1.29 is 22.4 Å². The highest BCUT2D eigenvalue weighted by atomic mass is 79.9. The number of aryl methyl sites for hydroxylation is 1. The summed E-state index contributed by atoms with van der Waals surface area (Å²) in [6.45, 7) is 0. The first-order chi connectivity index (χ1) is 17.8. The van der Waals surface area contributed by atoms with Crippen LogP contribution in [0.15, 0.2) is 89.7 Å². The summed E-state index contributed by atoms with van der Waals surface area (Å²) in [5, 5.41) is 13.2. The van der Waals surface area contributed by atoms with Crippen molar-refractivity contribution in [2.24, 2.45) is 7.05 Å². The molecule has 0 amide bonds. The highest BCUT2D eigenvalue weighted by molar-refractivity contribution is 9.10. The Morgan fingerprint density at radius 1 is 0.919 bits per heavy atom. The van der Waals surface area contributed by atoms with Gasteiger partial charge in [0.1, 0.15) is 22.9 Å². The van der Waals surface area contributed by atoms with Gasteiger partial charge in [-0.2, -0.15) is 13.5 Å². The lowest BCUT2D eigenvalue weighted by Gasteiger charge is -2.24. The Hall–Kier alpha value is -3.40. The second-order valence-electron chi connectivity index (χ2n) is 9.20. The van der Waals surface area contributed by atoms with Crippen LogP contribution in [0.1, 0.15) is 17.5 Å². The second kappa shape index (κ2) is 9.16. The summed E-state index contributed by atoms with van der Waals surface area (Å²) in [6, 6.07) is 21.6. The molecule has 4 aromatic rings. The quantitative estimate of drug-likeness (QED) is 0.307. The highest BCUT2D eigenvalue weighted by Gasteiger charge is 2.53. The number of nitrogens with zero attached hydrogens (tertiary/aromatic N) is 2. The molecule has 37 heavy (non-hydrogen) atoms. The van der Waals surface area contributed by atoms with Crippen LogP contribution in [0, 0.1) is 0 Å². The number of fused-ring (bicyclic) bond motifs is 2. The summed E-state index contributed by atoms with van der Waals surface area (Å²) in [5.41, 5.74) is 5.54. The molecule has 3 heterocycles. The van der Waals surface area contributed by atoms with Crippen molar-refractivity contribution in [1.82, 2.24) is 9.78 Å². The van der Waals surface area contributed by atoms with Gasteiger partial charge in [-0.1, -0.05) is 52.3 Å². The number of ether oxygens (including phenoxy) is 1. The zero-order chi connectivity index (χ0) is 25.7. The van der Waals surface area contributed by atoms with Crippen LogP contribution in [-0.4, -0.2) is 40.8 Å². The third-order valence-corrected chi connectivity index (χ3v) is 8.94. The van der Waals surface area contributed by atoms with Crippen LogP contribution < -0.4 is 4.18 Å². The van der Waals surface area contributed by atoms with E-state index in [9.17, 15) is 13.5 Å². The van der Waals surface area contributed by atoms with E-state index in [4.69, 9.17) is 8.92 Å². The molecule has 1 N–H and O–H groups in total. The van der Waals surface area contributed by atoms with Crippen molar-refractivity contribution in [2.75, 3.05) is 0 Å². The predicted octanol–water partition coefficient (Wildman–Crippen LogP) is 5.41. The van der Waals surface area contributed by atoms with Crippen LogP contribution in [0.4, 0.5) is 0 Å². The first-order valence-electron chi connectivity index (χ1n) is 11.8. The molecule has 0 aliphatic carbocycles. The zero-order valence-corrected chi connectivity index (χ0v) is 22.2. The molecule has 7 nitrogen and oxygen atoms in total. The molecule has 2 aliphatic rings. The molecule has 1 fully saturated rings. The molecule has 1 saturated heterocycles. The van der Waals surface area contributed by atoms with Crippen molar-refractivity contribution in [3.63, 3.8) is 0 Å². The Kier molecular flexibility index (Phi) is 5.94. The maximum atomic E-state index is 13.4. The number of rotatable bonds is 6. The number of halogens is 1. The Bertz CT molecular complexity index is 1590. The Balaban J connectivity index is 1.39. The first kappa shape index (κ1) is 24.0. The lowest BCUT2D eigenvalue weighted by molar-refractivity contribution is 0.128. The van der Waals surface area contributed by atoms with Gasteiger partial charge in [-0.25, -0.2) is 0 Å². The van der Waals surface area contributed by atoms with E-state index in [-0.39, 0.29) is 17.9 Å². The lowest BCUT2D eigenvalue weighted by Crippen LogP contribution is -2.35. The number of hydrogen-bond acceptors (Lipinski definition) is 6. The fraction of sp³-hybridized carbons (Fsp3) is 0.179. The molecule has 0 saturated carbocycles. The van der Waals surface area contributed by atoms with E-state index in [1.807, 2.05) is 49.6 Å². The summed E-state index contributed by atoms with van der Waals surface area (Å²) in [7, 11) is -2.11. The number of hydrogen-bond donors (Lipinski definition) is 1. The molecule has 0 radical (unpaired) electrons. The summed E-state index contributed by atoms with van der Waals surface area (Å²) < 4.78 is 41.2. The SMILES string of the molecule is Cn1cc(-c2ccc(C3=C(c4ccc(O)cc4)C4CC(S(=O)(=O)Oc5ccc(Br)cc5)C3O4)cc2)cn1. The fourth-order valence-electron chi connectivity index (χ4n) is 5.09. The number of aromatic hydroxyl groups is 1. The molecule has 2 bridgehead atoms. The number of benzene rings is 3. The molecule has 1 aromatic heterocycles. The van der Waals surface area contributed by atoms with Crippen molar-refractivity contribution in [3.05, 3.63) is 101 Å². The monoisotopic (exact) mass is 578 g/mol. The van der Waals surface area contributed by atoms with Gasteiger partial charge in [0.2, 0.25) is 0 Å². The van der Waals surface area contributed by atoms with Crippen LogP contribution >= 0.6 is 15.9 Å². The van der Waals surface area contributed by atoms with Crippen LogP contribution in [0.3, 0.4) is 0 Å². The van der Waals surface area contributed by atoms with Crippen molar-refractivity contribution in [3.8, 4) is 22.6 Å². The second-order valence-corrected chi connectivity index (χ2v) is 11.9. The highest BCUT2D eigenvalue weighted by Crippen LogP contribution is 2.51. The minimum atomic E-state index is -3.98. The maximum absolute atomic E-state index is 13.4. The molecule has 3 aromatic carbocycles. The van der Waals surface area contributed by atoms with Crippen molar-refractivity contribution >= 4 is 37.2 Å². The Morgan fingerprint density at radius 3 is 2.19 bits per heavy atom. The predicted molar refractivity (Wildman–Crippen MR) is 144 cm³/mol. The third kappa shape index (κ3) is 4.47. The van der Waals surface area contributed by atoms with E-state index < -0.39 is 27.6 Å². The Morgan fingerprint density at radius 2 is 1.54 bits per heavy atom. The van der Waals surface area contributed by atoms with Gasteiger partial charge in [0, 0.05) is 29.7 Å². The van der Waals surface area contributed by atoms with Crippen molar-refractivity contribution in [2.45, 2.75) is 23.9 Å². The maximum Gasteiger partial charge on any atom is 0.315 e. The molecule has 9 heteroatoms. The minimum absolute atomic E-state index is 0.166. The average molecular weight is 579 g/mol. The topological polar surface area (TPSA) is 90.7 Å². The normalized spacial score (nSPS) is 21.0. The number of aromatic nitrogens is 2. The lowest BCUT2D eigenvalue weighted by atomic mass is 9.83. The van der Waals surface area contributed by atoms with Crippen LogP contribution in [0.2, 0.25) is 0 Å². The van der Waals surface area contributed by atoms with Gasteiger partial charge in [0.05, 0.1) is 12.3 Å². The fourth-order valence-corrected chi connectivity index (χ4v) is 6.77. The molecule has 6 rings (SSSR count). The van der Waals surface area contributed by atoms with Gasteiger partial charge in [-0.05, 0) is 64.2 Å². The van der Waals surface area contributed by atoms with Gasteiger partial charge in [-0.3, -0.25) is 4.68 Å². The summed E-state index contributed by atoms with van der Waals surface area (Å²) in [4.78, 5) is 0. The van der Waals surface area contributed by atoms with Crippen LogP contribution in [-0.2, 0) is 21.9 Å². The molecule has 3 atom stereocenters. The molecule has 0 spiro atoms. The zero-order valence-electron chi connectivity index (χ0n) is 19.8.